The zero-order valence-corrected chi connectivity index (χ0v) is 26.9. The zero-order chi connectivity index (χ0) is 31.5. The first-order valence-electron chi connectivity index (χ1n) is 15.0. The Balaban J connectivity index is 1.41. The maximum absolute atomic E-state index is 14.0. The van der Waals surface area contributed by atoms with Crippen molar-refractivity contribution in [2.75, 3.05) is 78.1 Å². The van der Waals surface area contributed by atoms with Crippen molar-refractivity contribution in [3.8, 4) is 11.3 Å². The summed E-state index contributed by atoms with van der Waals surface area (Å²) in [6.45, 7) is 6.03. The summed E-state index contributed by atoms with van der Waals surface area (Å²) >= 11 is 1.16. The Kier molecular flexibility index (Phi) is 11.0. The van der Waals surface area contributed by atoms with Gasteiger partial charge in [-0.1, -0.05) is 6.07 Å². The van der Waals surface area contributed by atoms with Gasteiger partial charge < -0.3 is 19.5 Å². The lowest BCUT2D eigenvalue weighted by molar-refractivity contribution is -0.139. The predicted octanol–water partition coefficient (Wildman–Crippen LogP) is 2.78. The van der Waals surface area contributed by atoms with E-state index in [9.17, 15) is 26.7 Å². The number of ether oxygens (including phenoxy) is 2. The van der Waals surface area contributed by atoms with Crippen molar-refractivity contribution in [2.24, 2.45) is 0 Å². The van der Waals surface area contributed by atoms with Crippen molar-refractivity contribution in [1.82, 2.24) is 23.9 Å². The van der Waals surface area contributed by atoms with E-state index in [2.05, 4.69) is 9.80 Å². The van der Waals surface area contributed by atoms with Crippen molar-refractivity contribution in [3.63, 3.8) is 0 Å². The van der Waals surface area contributed by atoms with E-state index in [1.54, 1.807) is 11.8 Å². The van der Waals surface area contributed by atoms with Crippen LogP contribution in [0.15, 0.2) is 23.1 Å². The molecule has 0 saturated carbocycles. The number of hydrogen-bond acceptors (Lipinski definition) is 9. The van der Waals surface area contributed by atoms with Gasteiger partial charge >= 0.3 is 6.18 Å². The Labute approximate surface area is 261 Å². The van der Waals surface area contributed by atoms with Gasteiger partial charge in [-0.05, 0) is 25.0 Å². The molecule has 3 aliphatic rings. The van der Waals surface area contributed by atoms with Crippen LogP contribution in [0.2, 0.25) is 0 Å². The molecule has 1 atom stereocenters. The summed E-state index contributed by atoms with van der Waals surface area (Å²) < 4.78 is 80.9. The van der Waals surface area contributed by atoms with E-state index in [4.69, 9.17) is 14.6 Å². The number of rotatable bonds is 11. The lowest BCUT2D eigenvalue weighted by Crippen LogP contribution is -2.42. The van der Waals surface area contributed by atoms with Gasteiger partial charge in [0, 0.05) is 93.4 Å². The molecule has 2 aromatic rings. The lowest BCUT2D eigenvalue weighted by Gasteiger charge is -2.32. The monoisotopic (exact) mass is 661 g/mol. The van der Waals surface area contributed by atoms with Gasteiger partial charge in [0.1, 0.15) is 0 Å². The number of aromatic nitrogens is 2. The number of alkyl halides is 3. The number of morpholine rings is 1. The number of β-amino-alcohol motifs (C(OH)–C–C–N with tert-alkyl or cyclic N) is 1. The minimum Gasteiger partial charge on any atom is -0.390 e. The molecule has 0 aliphatic carbocycles. The first kappa shape index (κ1) is 33.6. The Bertz CT molecular complexity index is 1380. The number of likely N-dealkylation sites (tertiary alicyclic amines) is 1. The summed E-state index contributed by atoms with van der Waals surface area (Å²) in [6.07, 6.45) is -1.68. The molecular weight excluding hydrogens is 619 g/mol. The number of fused-ring (bicyclic) bond motifs is 1. The first-order valence-corrected chi connectivity index (χ1v) is 17.9. The molecule has 44 heavy (non-hydrogen) atoms. The molecule has 10 nitrogen and oxygen atoms in total. The molecular formula is C29H42F3N5O5S2. The number of sulfonamides is 1. The zero-order valence-electron chi connectivity index (χ0n) is 25.3. The van der Waals surface area contributed by atoms with Crippen LogP contribution in [0, 0.1) is 0 Å². The maximum atomic E-state index is 14.0. The molecule has 2 fully saturated rings. The normalized spacial score (nSPS) is 20.6. The number of methoxy groups -OCH3 is 1. The van der Waals surface area contributed by atoms with Gasteiger partial charge in [0.15, 0.2) is 0 Å². The molecule has 15 heteroatoms. The van der Waals surface area contributed by atoms with E-state index in [1.165, 1.54) is 16.4 Å². The predicted molar refractivity (Wildman–Crippen MR) is 162 cm³/mol. The van der Waals surface area contributed by atoms with Crippen LogP contribution in [0.1, 0.15) is 29.7 Å². The van der Waals surface area contributed by atoms with Crippen LogP contribution < -0.4 is 0 Å². The van der Waals surface area contributed by atoms with Crippen LogP contribution in [0.5, 0.6) is 0 Å². The second-order valence-corrected chi connectivity index (χ2v) is 14.8. The molecule has 5 rings (SSSR count). The van der Waals surface area contributed by atoms with Crippen LogP contribution in [0.4, 0.5) is 13.2 Å². The molecule has 0 bridgehead atoms. The SMILES string of the molecule is COC1CCN(CC(O)Cn2nc(-c3ccc(C(F)(F)F)c(SCCN4CCOCC4)c3)c3c2CCN(S(C)(=O)=O)C3)CC1. The molecule has 3 aliphatic heterocycles. The standard InChI is InChI=1S/C29H42F3N5O5S2/c1-41-23-5-8-35(9-6-23)18-22(38)19-37-26-7-10-36(44(2,39)40)20-24(26)28(33-37)21-3-4-25(29(30,31)32)27(17-21)43-16-13-34-11-14-42-15-12-34/h3-4,17,22-23,38H,5-16,18-20H2,1-2H3. The highest BCUT2D eigenvalue weighted by Gasteiger charge is 2.35. The Morgan fingerprint density at radius 3 is 2.50 bits per heavy atom. The van der Waals surface area contributed by atoms with E-state index < -0.39 is 27.9 Å². The van der Waals surface area contributed by atoms with Crippen LogP contribution >= 0.6 is 11.8 Å². The smallest absolute Gasteiger partial charge is 0.390 e. The average molecular weight is 662 g/mol. The number of benzene rings is 1. The quantitative estimate of drug-likeness (QED) is 0.365. The molecule has 4 heterocycles. The highest BCUT2D eigenvalue weighted by molar-refractivity contribution is 7.99. The fourth-order valence-electron chi connectivity index (χ4n) is 6.15. The number of aliphatic hydroxyl groups excluding tert-OH is 1. The summed E-state index contributed by atoms with van der Waals surface area (Å²) in [6, 6.07) is 4.03. The third kappa shape index (κ3) is 8.35. The highest BCUT2D eigenvalue weighted by Crippen LogP contribution is 2.40. The minimum atomic E-state index is -4.52. The molecule has 246 valence electrons. The van der Waals surface area contributed by atoms with Gasteiger partial charge in [-0.3, -0.25) is 9.58 Å². The molecule has 0 spiro atoms. The number of hydrogen-bond donors (Lipinski definition) is 1. The lowest BCUT2D eigenvalue weighted by atomic mass is 10.0. The largest absolute Gasteiger partial charge is 0.417 e. The average Bonchev–Trinajstić information content (AvgIpc) is 3.34. The van der Waals surface area contributed by atoms with Crippen LogP contribution in [-0.2, 0) is 45.2 Å². The molecule has 1 aromatic carbocycles. The van der Waals surface area contributed by atoms with Crippen molar-refractivity contribution in [1.29, 1.82) is 0 Å². The Morgan fingerprint density at radius 2 is 1.84 bits per heavy atom. The van der Waals surface area contributed by atoms with E-state index in [0.717, 1.165) is 68.8 Å². The highest BCUT2D eigenvalue weighted by atomic mass is 32.2. The van der Waals surface area contributed by atoms with Crippen LogP contribution in [-0.4, -0.2) is 128 Å². The van der Waals surface area contributed by atoms with Gasteiger partial charge in [-0.2, -0.15) is 22.6 Å². The van der Waals surface area contributed by atoms with Crippen molar-refractivity contribution in [3.05, 3.63) is 35.0 Å². The first-order chi connectivity index (χ1) is 20.9. The summed E-state index contributed by atoms with van der Waals surface area (Å²) in [7, 11) is -1.79. The van der Waals surface area contributed by atoms with Gasteiger partial charge in [0.25, 0.3) is 0 Å². The van der Waals surface area contributed by atoms with Crippen molar-refractivity contribution < 1.29 is 36.2 Å². The van der Waals surface area contributed by atoms with Gasteiger partial charge in [-0.15, -0.1) is 11.8 Å². The van der Waals surface area contributed by atoms with Crippen molar-refractivity contribution in [2.45, 2.75) is 55.6 Å². The second-order valence-electron chi connectivity index (χ2n) is 11.7. The Hall–Kier alpha value is -1.72. The van der Waals surface area contributed by atoms with E-state index in [1.807, 2.05) is 0 Å². The summed E-state index contributed by atoms with van der Waals surface area (Å²) in [5.41, 5.74) is 1.71. The van der Waals surface area contributed by atoms with E-state index >= 15 is 0 Å². The summed E-state index contributed by atoms with van der Waals surface area (Å²) in [4.78, 5) is 4.48. The molecule has 1 unspecified atom stereocenters. The minimum absolute atomic E-state index is 0.0741. The summed E-state index contributed by atoms with van der Waals surface area (Å²) in [5.74, 6) is 0.481. The second kappa shape index (κ2) is 14.4. The molecule has 1 aromatic heterocycles. The number of nitrogens with zero attached hydrogens (tertiary/aromatic N) is 5. The van der Waals surface area contributed by atoms with Gasteiger partial charge in [0.05, 0.1) is 49.5 Å². The third-order valence-corrected chi connectivity index (χ3v) is 10.9. The number of piperidine rings is 1. The van der Waals surface area contributed by atoms with E-state index in [0.29, 0.717) is 55.3 Å². The summed E-state index contributed by atoms with van der Waals surface area (Å²) in [5, 5.41) is 15.8. The molecule has 2 saturated heterocycles. The number of aliphatic hydroxyl groups is 1. The number of thioether (sulfide) groups is 1. The Morgan fingerprint density at radius 1 is 1.11 bits per heavy atom. The molecule has 1 N–H and O–H groups in total. The van der Waals surface area contributed by atoms with E-state index in [-0.39, 0.29) is 30.6 Å². The topological polar surface area (TPSA) is 100 Å². The molecule has 0 radical (unpaired) electrons. The fraction of sp³-hybridized carbons (Fsp3) is 0.690. The van der Waals surface area contributed by atoms with Crippen molar-refractivity contribution >= 4 is 21.8 Å². The number of halogens is 3. The van der Waals surface area contributed by atoms with Crippen LogP contribution in [0.3, 0.4) is 0 Å². The third-order valence-electron chi connectivity index (χ3n) is 8.62. The fourth-order valence-corrected chi connectivity index (χ4v) is 8.05. The maximum Gasteiger partial charge on any atom is 0.417 e. The van der Waals surface area contributed by atoms with Crippen LogP contribution in [0.25, 0.3) is 11.3 Å². The molecule has 0 amide bonds. The van der Waals surface area contributed by atoms with Gasteiger partial charge in [0.2, 0.25) is 10.0 Å². The van der Waals surface area contributed by atoms with Gasteiger partial charge in [-0.25, -0.2) is 8.42 Å².